The number of carbonyl (C=O) groups is 2. The summed E-state index contributed by atoms with van der Waals surface area (Å²) in [5.41, 5.74) is 7.33. The molecule has 3 aromatic carbocycles. The van der Waals surface area contributed by atoms with E-state index in [0.29, 0.717) is 32.3 Å². The van der Waals surface area contributed by atoms with Gasteiger partial charge in [-0.05, 0) is 85.8 Å². The first-order valence-electron chi connectivity index (χ1n) is 12.3. The monoisotopic (exact) mass is 551 g/mol. The highest BCUT2D eigenvalue weighted by molar-refractivity contribution is 7.93. The van der Waals surface area contributed by atoms with Crippen LogP contribution in [-0.4, -0.2) is 33.2 Å². The number of carbonyl (C=O) groups excluding carboxylic acids is 2. The molecule has 1 saturated carbocycles. The maximum atomic E-state index is 13.2. The van der Waals surface area contributed by atoms with Gasteiger partial charge in [-0.15, -0.1) is 0 Å². The Morgan fingerprint density at radius 3 is 2.23 bits per heavy atom. The predicted octanol–water partition coefficient (Wildman–Crippen LogP) is 5.50. The van der Waals surface area contributed by atoms with Crippen LogP contribution >= 0.6 is 0 Å². The van der Waals surface area contributed by atoms with Gasteiger partial charge in [-0.2, -0.15) is 4.31 Å². The third kappa shape index (κ3) is 5.05. The van der Waals surface area contributed by atoms with Gasteiger partial charge in [0.2, 0.25) is 10.0 Å². The first kappa shape index (κ1) is 26.2. The molecular weight excluding hydrogens is 525 g/mol. The number of amides is 3. The van der Waals surface area contributed by atoms with Gasteiger partial charge < -0.3 is 20.2 Å². The molecule has 3 N–H and O–H groups in total. The van der Waals surface area contributed by atoms with E-state index in [4.69, 9.17) is 14.9 Å². The van der Waals surface area contributed by atoms with E-state index >= 15 is 0 Å². The van der Waals surface area contributed by atoms with Crippen LogP contribution < -0.4 is 20.1 Å². The van der Waals surface area contributed by atoms with Crippen LogP contribution in [0.15, 0.2) is 65.1 Å². The average molecular weight is 552 g/mol. The lowest BCUT2D eigenvalue weighted by atomic mass is 10.0. The molecule has 0 bridgehead atoms. The van der Waals surface area contributed by atoms with E-state index in [1.165, 1.54) is 44.3 Å². The quantitative estimate of drug-likeness (QED) is 0.297. The maximum Gasteiger partial charge on any atom is 0.333 e. The second kappa shape index (κ2) is 10.1. The number of nitrogens with one attached hydrogen (secondary N) is 1. The van der Waals surface area contributed by atoms with E-state index in [9.17, 15) is 22.4 Å². The van der Waals surface area contributed by atoms with Crippen LogP contribution in [0.4, 0.5) is 14.9 Å². The van der Waals surface area contributed by atoms with Crippen molar-refractivity contribution in [3.05, 3.63) is 77.6 Å². The molecule has 3 amide bonds. The highest BCUT2D eigenvalue weighted by Crippen LogP contribution is 2.48. The largest absolute Gasteiger partial charge is 0.457 e. The summed E-state index contributed by atoms with van der Waals surface area (Å²) < 4.78 is 51.3. The number of rotatable bonds is 8. The number of nitrogens with two attached hydrogens (primary N) is 1. The van der Waals surface area contributed by atoms with Crippen molar-refractivity contribution in [1.29, 1.82) is 0 Å². The topological polar surface area (TPSA) is 132 Å². The van der Waals surface area contributed by atoms with Gasteiger partial charge in [0.05, 0.1) is 17.0 Å². The zero-order valence-corrected chi connectivity index (χ0v) is 22.0. The number of fused-ring (bicyclic) bond motifs is 1. The number of ether oxygens (including phenoxy) is 1. The molecule has 1 aromatic heterocycles. The summed E-state index contributed by atoms with van der Waals surface area (Å²) in [7, 11) is -2.51. The fourth-order valence-corrected chi connectivity index (χ4v) is 5.44. The Kier molecular flexibility index (Phi) is 6.77. The van der Waals surface area contributed by atoms with Gasteiger partial charge >= 0.3 is 6.03 Å². The van der Waals surface area contributed by atoms with Crippen molar-refractivity contribution >= 4 is 38.6 Å². The van der Waals surface area contributed by atoms with Crippen molar-refractivity contribution in [2.75, 3.05) is 17.1 Å². The Morgan fingerprint density at radius 2 is 1.69 bits per heavy atom. The minimum atomic E-state index is -4.02. The molecular formula is C28H26FN3O6S. The van der Waals surface area contributed by atoms with Crippen molar-refractivity contribution in [1.82, 2.24) is 5.32 Å². The summed E-state index contributed by atoms with van der Waals surface area (Å²) >= 11 is 0. The highest BCUT2D eigenvalue weighted by Gasteiger charge is 2.35. The number of halogens is 1. The minimum Gasteiger partial charge on any atom is -0.457 e. The average Bonchev–Trinajstić information content (AvgIpc) is 3.69. The molecule has 0 aliphatic heterocycles. The molecule has 9 nitrogen and oxygen atoms in total. The van der Waals surface area contributed by atoms with Crippen LogP contribution in [0, 0.1) is 5.82 Å². The molecule has 1 fully saturated rings. The molecule has 0 radical (unpaired) electrons. The minimum absolute atomic E-state index is 0.0251. The summed E-state index contributed by atoms with van der Waals surface area (Å²) in [6.45, 7) is 1.43. The van der Waals surface area contributed by atoms with E-state index in [2.05, 4.69) is 5.32 Å². The number of anilines is 1. The fraction of sp³-hybridized carbons (Fsp3) is 0.214. The zero-order valence-electron chi connectivity index (χ0n) is 21.2. The third-order valence-electron chi connectivity index (χ3n) is 6.54. The second-order valence-corrected chi connectivity index (χ2v) is 11.3. The summed E-state index contributed by atoms with van der Waals surface area (Å²) in [5, 5.41) is 3.12. The first-order chi connectivity index (χ1) is 18.6. The van der Waals surface area contributed by atoms with Gasteiger partial charge in [0.25, 0.3) is 5.91 Å². The first-order valence-corrected chi connectivity index (χ1v) is 13.9. The molecule has 5 rings (SSSR count). The number of urea groups is 1. The number of hydrogen-bond acceptors (Lipinski definition) is 6. The number of sulfonamides is 1. The zero-order chi connectivity index (χ0) is 27.9. The normalized spacial score (nSPS) is 13.3. The lowest BCUT2D eigenvalue weighted by Crippen LogP contribution is -2.42. The van der Waals surface area contributed by atoms with Crippen LogP contribution in [-0.2, 0) is 10.0 Å². The Hall–Kier alpha value is -4.38. The standard InChI is InChI=1S/C28H26FN3O6S/c1-3-39(35,36)32(28(30)34)23-15-24-22(14-21(23)16-4-5-16)25(27(33)31-2)26(38-24)17-6-10-19(11-7-17)37-20-12-8-18(29)9-13-20/h6-16H,3-5H2,1-2H3,(H2,30,34)(H,31,33). The summed E-state index contributed by atoms with van der Waals surface area (Å²) in [4.78, 5) is 25.3. The van der Waals surface area contributed by atoms with E-state index < -0.39 is 22.0 Å². The number of hydrogen-bond donors (Lipinski definition) is 2. The Morgan fingerprint density at radius 1 is 1.08 bits per heavy atom. The Labute approximate surface area is 224 Å². The van der Waals surface area contributed by atoms with Gasteiger partial charge in [-0.3, -0.25) is 4.79 Å². The maximum absolute atomic E-state index is 13.2. The molecule has 202 valence electrons. The third-order valence-corrected chi connectivity index (χ3v) is 8.20. The van der Waals surface area contributed by atoms with Gasteiger partial charge in [0, 0.05) is 24.1 Å². The van der Waals surface area contributed by atoms with Crippen LogP contribution in [0.25, 0.3) is 22.3 Å². The van der Waals surface area contributed by atoms with E-state index in [-0.39, 0.29) is 40.1 Å². The molecule has 0 unspecified atom stereocenters. The summed E-state index contributed by atoms with van der Waals surface area (Å²) in [5.74, 6) is 0.152. The summed E-state index contributed by atoms with van der Waals surface area (Å²) in [6, 6.07) is 14.5. The van der Waals surface area contributed by atoms with Crippen LogP contribution in [0.2, 0.25) is 0 Å². The molecule has 1 aliphatic carbocycles. The van der Waals surface area contributed by atoms with Crippen molar-refractivity contribution in [3.63, 3.8) is 0 Å². The van der Waals surface area contributed by atoms with Crippen molar-refractivity contribution in [2.24, 2.45) is 5.73 Å². The van der Waals surface area contributed by atoms with Crippen LogP contribution in [0.5, 0.6) is 11.5 Å². The summed E-state index contributed by atoms with van der Waals surface area (Å²) in [6.07, 6.45) is 1.62. The van der Waals surface area contributed by atoms with Gasteiger partial charge in [0.1, 0.15) is 28.7 Å². The lowest BCUT2D eigenvalue weighted by molar-refractivity contribution is 0.0964. The van der Waals surface area contributed by atoms with E-state index in [1.807, 2.05) is 0 Å². The molecule has 1 heterocycles. The van der Waals surface area contributed by atoms with E-state index in [0.717, 1.165) is 12.8 Å². The van der Waals surface area contributed by atoms with Gasteiger partial charge in [-0.25, -0.2) is 17.6 Å². The SMILES string of the molecule is CCS(=O)(=O)N(C(N)=O)c1cc2oc(-c3ccc(Oc4ccc(F)cc4)cc3)c(C(=O)NC)c2cc1C1CC1. The van der Waals surface area contributed by atoms with E-state index in [1.54, 1.807) is 30.3 Å². The molecule has 11 heteroatoms. The number of benzene rings is 3. The van der Waals surface area contributed by atoms with Crippen molar-refractivity contribution < 1.29 is 31.6 Å². The lowest BCUT2D eigenvalue weighted by Gasteiger charge is -2.22. The number of nitrogens with zero attached hydrogens (tertiary/aromatic N) is 1. The fourth-order valence-electron chi connectivity index (χ4n) is 4.45. The molecule has 1 aliphatic rings. The Balaban J connectivity index is 1.63. The number of furan rings is 1. The highest BCUT2D eigenvalue weighted by atomic mass is 32.2. The van der Waals surface area contributed by atoms with Crippen LogP contribution in [0.3, 0.4) is 0 Å². The second-order valence-electron chi connectivity index (χ2n) is 9.15. The number of primary amides is 1. The molecule has 39 heavy (non-hydrogen) atoms. The van der Waals surface area contributed by atoms with Gasteiger partial charge in [0.15, 0.2) is 0 Å². The van der Waals surface area contributed by atoms with Crippen LogP contribution in [0.1, 0.15) is 41.6 Å². The van der Waals surface area contributed by atoms with Gasteiger partial charge in [-0.1, -0.05) is 0 Å². The van der Waals surface area contributed by atoms with Crippen molar-refractivity contribution in [3.8, 4) is 22.8 Å². The molecule has 0 atom stereocenters. The smallest absolute Gasteiger partial charge is 0.333 e. The van der Waals surface area contributed by atoms with Crippen molar-refractivity contribution in [2.45, 2.75) is 25.7 Å². The Bertz CT molecular complexity index is 1680. The molecule has 0 spiro atoms. The predicted molar refractivity (Wildman–Crippen MR) is 145 cm³/mol. The molecule has 0 saturated heterocycles. The molecule has 4 aromatic rings.